The molecule has 0 amide bonds. The minimum atomic E-state index is -4.13. The van der Waals surface area contributed by atoms with Gasteiger partial charge in [0, 0.05) is 32.8 Å². The van der Waals surface area contributed by atoms with Gasteiger partial charge in [-0.15, -0.1) is 0 Å². The number of ether oxygens (including phenoxy) is 1. The zero-order chi connectivity index (χ0) is 15.0. The van der Waals surface area contributed by atoms with Crippen LogP contribution in [0.5, 0.6) is 0 Å². The van der Waals surface area contributed by atoms with Gasteiger partial charge in [0.1, 0.15) is 0 Å². The van der Waals surface area contributed by atoms with Gasteiger partial charge in [-0.2, -0.15) is 13.2 Å². The van der Waals surface area contributed by atoms with Crippen LogP contribution in [0.2, 0.25) is 0 Å². The molecule has 0 aromatic carbocycles. The molecule has 0 saturated carbocycles. The molecule has 1 heterocycles. The predicted octanol–water partition coefficient (Wildman–Crippen LogP) is 0.824. The van der Waals surface area contributed by atoms with Crippen LogP contribution in [-0.2, 0) is 4.74 Å². The number of methoxy groups -OCH3 is 1. The molecule has 0 radical (unpaired) electrons. The fourth-order valence-corrected chi connectivity index (χ4v) is 2.11. The lowest BCUT2D eigenvalue weighted by molar-refractivity contribution is -0.143. The Hall–Kier alpha value is -1.02. The molecule has 1 fully saturated rings. The SMILES string of the molecule is CCNC(=NCCOC)NC1CCN(CC(F)(F)F)C1. The van der Waals surface area contributed by atoms with Crippen molar-refractivity contribution in [3.05, 3.63) is 0 Å². The topological polar surface area (TPSA) is 48.9 Å². The van der Waals surface area contributed by atoms with Gasteiger partial charge in [-0.1, -0.05) is 0 Å². The van der Waals surface area contributed by atoms with Crippen LogP contribution in [0.15, 0.2) is 4.99 Å². The van der Waals surface area contributed by atoms with E-state index in [2.05, 4.69) is 15.6 Å². The first kappa shape index (κ1) is 17.0. The number of aliphatic imine (C=N–C) groups is 1. The molecular weight excluding hydrogens is 273 g/mol. The molecule has 1 aliphatic heterocycles. The molecule has 0 aromatic rings. The summed E-state index contributed by atoms with van der Waals surface area (Å²) in [4.78, 5) is 5.71. The zero-order valence-electron chi connectivity index (χ0n) is 12.0. The first-order valence-corrected chi connectivity index (χ1v) is 6.77. The van der Waals surface area contributed by atoms with E-state index in [0.29, 0.717) is 45.2 Å². The van der Waals surface area contributed by atoms with Crippen molar-refractivity contribution in [1.29, 1.82) is 0 Å². The van der Waals surface area contributed by atoms with Crippen LogP contribution in [0, 0.1) is 0 Å². The minimum Gasteiger partial charge on any atom is -0.383 e. The number of alkyl halides is 3. The van der Waals surface area contributed by atoms with Crippen LogP contribution in [0.3, 0.4) is 0 Å². The van der Waals surface area contributed by atoms with E-state index in [4.69, 9.17) is 4.74 Å². The first-order chi connectivity index (χ1) is 9.44. The normalized spacial score (nSPS) is 21.2. The molecule has 20 heavy (non-hydrogen) atoms. The highest BCUT2D eigenvalue weighted by molar-refractivity contribution is 5.80. The maximum Gasteiger partial charge on any atom is 0.401 e. The van der Waals surface area contributed by atoms with Gasteiger partial charge in [-0.3, -0.25) is 9.89 Å². The molecule has 0 aliphatic carbocycles. The summed E-state index contributed by atoms with van der Waals surface area (Å²) in [5, 5.41) is 6.24. The summed E-state index contributed by atoms with van der Waals surface area (Å²) in [7, 11) is 1.60. The molecule has 1 atom stereocenters. The quantitative estimate of drug-likeness (QED) is 0.433. The Labute approximate surface area is 117 Å². The predicted molar refractivity (Wildman–Crippen MR) is 71.9 cm³/mol. The molecule has 1 rings (SSSR count). The Balaban J connectivity index is 2.40. The van der Waals surface area contributed by atoms with Crippen molar-refractivity contribution in [2.24, 2.45) is 4.99 Å². The van der Waals surface area contributed by atoms with E-state index in [-0.39, 0.29) is 6.04 Å². The summed E-state index contributed by atoms with van der Waals surface area (Å²) < 4.78 is 41.9. The number of nitrogens with one attached hydrogen (secondary N) is 2. The Morgan fingerprint density at radius 3 is 2.80 bits per heavy atom. The average molecular weight is 296 g/mol. The van der Waals surface area contributed by atoms with Crippen LogP contribution < -0.4 is 10.6 Å². The van der Waals surface area contributed by atoms with Crippen molar-refractivity contribution in [2.75, 3.05) is 46.4 Å². The van der Waals surface area contributed by atoms with Crippen LogP contribution >= 0.6 is 0 Å². The standard InChI is InChI=1S/C12H23F3N4O/c1-3-16-11(17-5-7-20-2)18-10-4-6-19(8-10)9-12(13,14)15/h10H,3-9H2,1-2H3,(H2,16,17,18). The minimum absolute atomic E-state index is 0.00213. The number of likely N-dealkylation sites (tertiary alicyclic amines) is 1. The third kappa shape index (κ3) is 6.95. The number of hydrogen-bond donors (Lipinski definition) is 2. The lowest BCUT2D eigenvalue weighted by Crippen LogP contribution is -2.45. The van der Waals surface area contributed by atoms with E-state index in [1.165, 1.54) is 4.90 Å². The summed E-state index contributed by atoms with van der Waals surface area (Å²) in [5.41, 5.74) is 0. The second-order valence-corrected chi connectivity index (χ2v) is 4.73. The van der Waals surface area contributed by atoms with Crippen LogP contribution in [-0.4, -0.2) is 69.5 Å². The molecule has 2 N–H and O–H groups in total. The monoisotopic (exact) mass is 296 g/mol. The van der Waals surface area contributed by atoms with E-state index in [9.17, 15) is 13.2 Å². The molecule has 8 heteroatoms. The smallest absolute Gasteiger partial charge is 0.383 e. The highest BCUT2D eigenvalue weighted by Crippen LogP contribution is 2.19. The average Bonchev–Trinajstić information content (AvgIpc) is 2.74. The van der Waals surface area contributed by atoms with Crippen LogP contribution in [0.4, 0.5) is 13.2 Å². The summed E-state index contributed by atoms with van der Waals surface area (Å²) in [6.45, 7) is 3.67. The second kappa shape index (κ2) is 8.31. The molecule has 5 nitrogen and oxygen atoms in total. The lowest BCUT2D eigenvalue weighted by Gasteiger charge is -2.19. The van der Waals surface area contributed by atoms with Gasteiger partial charge in [-0.25, -0.2) is 0 Å². The largest absolute Gasteiger partial charge is 0.401 e. The fraction of sp³-hybridized carbons (Fsp3) is 0.917. The van der Waals surface area contributed by atoms with Gasteiger partial charge in [0.15, 0.2) is 5.96 Å². The van der Waals surface area contributed by atoms with Crippen LogP contribution in [0.25, 0.3) is 0 Å². The Morgan fingerprint density at radius 1 is 1.45 bits per heavy atom. The van der Waals surface area contributed by atoms with E-state index >= 15 is 0 Å². The van der Waals surface area contributed by atoms with Crippen molar-refractivity contribution in [1.82, 2.24) is 15.5 Å². The highest BCUT2D eigenvalue weighted by atomic mass is 19.4. The van der Waals surface area contributed by atoms with Gasteiger partial charge in [0.25, 0.3) is 0 Å². The van der Waals surface area contributed by atoms with Crippen molar-refractivity contribution in [2.45, 2.75) is 25.6 Å². The molecule has 0 bridgehead atoms. The van der Waals surface area contributed by atoms with Crippen molar-refractivity contribution in [3.63, 3.8) is 0 Å². The molecule has 118 valence electrons. The Morgan fingerprint density at radius 2 is 2.20 bits per heavy atom. The maximum absolute atomic E-state index is 12.3. The maximum atomic E-state index is 12.3. The molecule has 0 spiro atoms. The van der Waals surface area contributed by atoms with Gasteiger partial charge < -0.3 is 15.4 Å². The van der Waals surface area contributed by atoms with Gasteiger partial charge in [0.05, 0.1) is 19.7 Å². The Kier molecular flexibility index (Phi) is 7.08. The third-order valence-corrected chi connectivity index (χ3v) is 2.93. The second-order valence-electron chi connectivity index (χ2n) is 4.73. The van der Waals surface area contributed by atoms with E-state index < -0.39 is 12.7 Å². The van der Waals surface area contributed by atoms with E-state index in [1.54, 1.807) is 7.11 Å². The highest BCUT2D eigenvalue weighted by Gasteiger charge is 2.34. The number of halogens is 3. The van der Waals surface area contributed by atoms with Crippen molar-refractivity contribution >= 4 is 5.96 Å². The fourth-order valence-electron chi connectivity index (χ4n) is 2.11. The summed E-state index contributed by atoms with van der Waals surface area (Å²) >= 11 is 0. The molecule has 1 saturated heterocycles. The van der Waals surface area contributed by atoms with Crippen molar-refractivity contribution < 1.29 is 17.9 Å². The van der Waals surface area contributed by atoms with Gasteiger partial charge in [0.2, 0.25) is 0 Å². The summed E-state index contributed by atoms with van der Waals surface area (Å²) in [5.74, 6) is 0.628. The number of hydrogen-bond acceptors (Lipinski definition) is 3. The molecular formula is C12H23F3N4O. The molecule has 1 aliphatic rings. The first-order valence-electron chi connectivity index (χ1n) is 6.77. The number of rotatable bonds is 6. The zero-order valence-corrected chi connectivity index (χ0v) is 12.0. The van der Waals surface area contributed by atoms with E-state index in [0.717, 1.165) is 0 Å². The Bertz CT molecular complexity index is 310. The number of guanidine groups is 1. The number of nitrogens with zero attached hydrogens (tertiary/aromatic N) is 2. The molecule has 0 aromatic heterocycles. The molecule has 1 unspecified atom stereocenters. The van der Waals surface area contributed by atoms with Gasteiger partial charge in [-0.05, 0) is 13.3 Å². The van der Waals surface area contributed by atoms with Crippen molar-refractivity contribution in [3.8, 4) is 0 Å². The lowest BCUT2D eigenvalue weighted by atomic mass is 10.3. The summed E-state index contributed by atoms with van der Waals surface area (Å²) in [6.07, 6.45) is -3.45. The summed E-state index contributed by atoms with van der Waals surface area (Å²) in [6, 6.07) is -0.00213. The van der Waals surface area contributed by atoms with Gasteiger partial charge >= 0.3 is 6.18 Å². The van der Waals surface area contributed by atoms with Crippen LogP contribution in [0.1, 0.15) is 13.3 Å². The van der Waals surface area contributed by atoms with E-state index in [1.807, 2.05) is 6.92 Å². The third-order valence-electron chi connectivity index (χ3n) is 2.93.